The molecule has 96 valence electrons. The number of hydrogen-bond acceptors (Lipinski definition) is 3. The van der Waals surface area contributed by atoms with E-state index in [4.69, 9.17) is 0 Å². The van der Waals surface area contributed by atoms with Crippen LogP contribution in [0.2, 0.25) is 0 Å². The molecule has 2 rings (SSSR count). The average Bonchev–Trinajstić information content (AvgIpc) is 2.17. The SMILES string of the molecule is CC.CN1CCC2(CC1)CN(S(C)(=O)=O)C2. The van der Waals surface area contributed by atoms with Crippen molar-refractivity contribution in [3.63, 3.8) is 0 Å². The maximum absolute atomic E-state index is 11.2. The number of nitrogens with zero attached hydrogens (tertiary/aromatic N) is 2. The van der Waals surface area contributed by atoms with E-state index in [0.29, 0.717) is 5.41 Å². The highest BCUT2D eigenvalue weighted by Gasteiger charge is 2.47. The molecule has 0 saturated carbocycles. The second-order valence-corrected chi connectivity index (χ2v) is 6.82. The van der Waals surface area contributed by atoms with E-state index in [2.05, 4.69) is 11.9 Å². The molecular formula is C11H24N2O2S. The zero-order chi connectivity index (χ0) is 12.4. The number of sulfonamides is 1. The zero-order valence-corrected chi connectivity index (χ0v) is 11.7. The Hall–Kier alpha value is -0.130. The summed E-state index contributed by atoms with van der Waals surface area (Å²) in [7, 11) is -0.810. The largest absolute Gasteiger partial charge is 0.306 e. The van der Waals surface area contributed by atoms with E-state index >= 15 is 0 Å². The molecule has 0 unspecified atom stereocenters. The predicted molar refractivity (Wildman–Crippen MR) is 66.9 cm³/mol. The van der Waals surface area contributed by atoms with Crippen LogP contribution in [0.5, 0.6) is 0 Å². The molecule has 2 aliphatic heterocycles. The van der Waals surface area contributed by atoms with Crippen molar-refractivity contribution in [1.82, 2.24) is 9.21 Å². The minimum Gasteiger partial charge on any atom is -0.306 e. The molecule has 0 aromatic heterocycles. The van der Waals surface area contributed by atoms with E-state index in [0.717, 1.165) is 39.0 Å². The number of likely N-dealkylation sites (tertiary alicyclic amines) is 1. The van der Waals surface area contributed by atoms with Crippen LogP contribution in [-0.2, 0) is 10.0 Å². The van der Waals surface area contributed by atoms with E-state index in [-0.39, 0.29) is 0 Å². The van der Waals surface area contributed by atoms with Crippen LogP contribution in [0.25, 0.3) is 0 Å². The van der Waals surface area contributed by atoms with Gasteiger partial charge in [0.05, 0.1) is 6.26 Å². The van der Waals surface area contributed by atoms with Gasteiger partial charge in [0.1, 0.15) is 0 Å². The molecule has 0 aliphatic carbocycles. The van der Waals surface area contributed by atoms with E-state index < -0.39 is 10.0 Å². The molecule has 16 heavy (non-hydrogen) atoms. The van der Waals surface area contributed by atoms with Crippen molar-refractivity contribution in [3.05, 3.63) is 0 Å². The van der Waals surface area contributed by atoms with Crippen molar-refractivity contribution in [2.75, 3.05) is 39.5 Å². The lowest BCUT2D eigenvalue weighted by Crippen LogP contribution is -2.61. The normalized spacial score (nSPS) is 25.8. The molecule has 0 aromatic rings. The zero-order valence-electron chi connectivity index (χ0n) is 10.9. The van der Waals surface area contributed by atoms with Crippen LogP contribution in [0.1, 0.15) is 26.7 Å². The Kier molecular flexibility index (Phi) is 4.37. The van der Waals surface area contributed by atoms with Gasteiger partial charge in [-0.2, -0.15) is 0 Å². The van der Waals surface area contributed by atoms with Crippen molar-refractivity contribution in [2.24, 2.45) is 5.41 Å². The Bertz CT molecular complexity index is 311. The summed E-state index contributed by atoms with van der Waals surface area (Å²) in [5.41, 5.74) is 0.315. The van der Waals surface area contributed by atoms with E-state index in [9.17, 15) is 8.42 Å². The molecule has 0 amide bonds. The highest BCUT2D eigenvalue weighted by molar-refractivity contribution is 7.88. The molecule has 2 heterocycles. The Morgan fingerprint density at radius 1 is 1.06 bits per heavy atom. The summed E-state index contributed by atoms with van der Waals surface area (Å²) >= 11 is 0. The Labute approximate surface area is 99.7 Å². The van der Waals surface area contributed by atoms with Gasteiger partial charge in [-0.25, -0.2) is 12.7 Å². The third-order valence-electron chi connectivity index (χ3n) is 3.54. The number of hydrogen-bond donors (Lipinski definition) is 0. The fourth-order valence-electron chi connectivity index (χ4n) is 2.35. The smallest absolute Gasteiger partial charge is 0.211 e. The molecule has 1 spiro atoms. The third-order valence-corrected chi connectivity index (χ3v) is 4.74. The first-order valence-electron chi connectivity index (χ1n) is 6.05. The maximum Gasteiger partial charge on any atom is 0.211 e. The van der Waals surface area contributed by atoms with Crippen molar-refractivity contribution in [1.29, 1.82) is 0 Å². The second kappa shape index (κ2) is 5.02. The van der Waals surface area contributed by atoms with Crippen LogP contribution < -0.4 is 0 Å². The minimum absolute atomic E-state index is 0.315. The fraction of sp³-hybridized carbons (Fsp3) is 1.00. The quantitative estimate of drug-likeness (QED) is 0.695. The predicted octanol–water partition coefficient (Wildman–Crippen LogP) is 1.000. The average molecular weight is 248 g/mol. The lowest BCUT2D eigenvalue weighted by molar-refractivity contribution is 0.00794. The van der Waals surface area contributed by atoms with Crippen LogP contribution >= 0.6 is 0 Å². The van der Waals surface area contributed by atoms with E-state index in [1.807, 2.05) is 13.8 Å². The molecule has 0 aromatic carbocycles. The minimum atomic E-state index is -2.94. The Morgan fingerprint density at radius 3 is 1.88 bits per heavy atom. The molecule has 0 bridgehead atoms. The molecule has 0 N–H and O–H groups in total. The Morgan fingerprint density at radius 2 is 1.50 bits per heavy atom. The Balaban J connectivity index is 0.000000606. The van der Waals surface area contributed by atoms with Gasteiger partial charge in [0, 0.05) is 18.5 Å². The first-order valence-corrected chi connectivity index (χ1v) is 7.90. The lowest BCUT2D eigenvalue weighted by Gasteiger charge is -2.52. The van der Waals surface area contributed by atoms with Gasteiger partial charge in [0.25, 0.3) is 0 Å². The highest BCUT2D eigenvalue weighted by Crippen LogP contribution is 2.41. The van der Waals surface area contributed by atoms with Crippen molar-refractivity contribution in [3.8, 4) is 0 Å². The summed E-state index contributed by atoms with van der Waals surface area (Å²) in [6.45, 7) is 7.72. The van der Waals surface area contributed by atoms with E-state index in [1.54, 1.807) is 4.31 Å². The first kappa shape index (κ1) is 13.9. The molecule has 2 saturated heterocycles. The molecule has 5 heteroatoms. The highest BCUT2D eigenvalue weighted by atomic mass is 32.2. The van der Waals surface area contributed by atoms with Crippen molar-refractivity contribution in [2.45, 2.75) is 26.7 Å². The van der Waals surface area contributed by atoms with Gasteiger partial charge in [0.15, 0.2) is 0 Å². The van der Waals surface area contributed by atoms with Gasteiger partial charge in [-0.1, -0.05) is 13.8 Å². The second-order valence-electron chi connectivity index (χ2n) is 4.83. The molecule has 4 nitrogen and oxygen atoms in total. The molecule has 0 radical (unpaired) electrons. The van der Waals surface area contributed by atoms with Gasteiger partial charge in [-0.15, -0.1) is 0 Å². The fourth-order valence-corrected chi connectivity index (χ4v) is 3.36. The standard InChI is InChI=1S/C9H18N2O2S.C2H6/c1-10-5-3-9(4-6-10)7-11(8-9)14(2,12)13;1-2/h3-8H2,1-2H3;1-2H3. The van der Waals surface area contributed by atoms with Crippen molar-refractivity contribution >= 4 is 10.0 Å². The first-order chi connectivity index (χ1) is 7.41. The van der Waals surface area contributed by atoms with E-state index in [1.165, 1.54) is 6.26 Å². The van der Waals surface area contributed by atoms with Gasteiger partial charge < -0.3 is 4.90 Å². The lowest BCUT2D eigenvalue weighted by atomic mass is 9.73. The summed E-state index contributed by atoms with van der Waals surface area (Å²) in [5, 5.41) is 0. The number of rotatable bonds is 1. The monoisotopic (exact) mass is 248 g/mol. The summed E-state index contributed by atoms with van der Waals surface area (Å²) in [5.74, 6) is 0. The summed E-state index contributed by atoms with van der Waals surface area (Å²) in [6.07, 6.45) is 3.60. The summed E-state index contributed by atoms with van der Waals surface area (Å²) in [4.78, 5) is 2.31. The van der Waals surface area contributed by atoms with Gasteiger partial charge in [-0.05, 0) is 33.0 Å². The van der Waals surface area contributed by atoms with Crippen LogP contribution in [0.3, 0.4) is 0 Å². The third kappa shape index (κ3) is 2.96. The summed E-state index contributed by atoms with van der Waals surface area (Å²) < 4.78 is 24.0. The maximum atomic E-state index is 11.2. The molecule has 2 aliphatic rings. The van der Waals surface area contributed by atoms with Crippen LogP contribution in [0, 0.1) is 5.41 Å². The van der Waals surface area contributed by atoms with Gasteiger partial charge in [0.2, 0.25) is 10.0 Å². The van der Waals surface area contributed by atoms with Crippen LogP contribution in [0.4, 0.5) is 0 Å². The van der Waals surface area contributed by atoms with Crippen LogP contribution in [0.15, 0.2) is 0 Å². The van der Waals surface area contributed by atoms with Gasteiger partial charge >= 0.3 is 0 Å². The summed E-state index contributed by atoms with van der Waals surface area (Å²) in [6, 6.07) is 0. The molecule has 2 fully saturated rings. The molecular weight excluding hydrogens is 224 g/mol. The van der Waals surface area contributed by atoms with Crippen molar-refractivity contribution < 1.29 is 8.42 Å². The van der Waals surface area contributed by atoms with Gasteiger partial charge in [-0.3, -0.25) is 0 Å². The molecule has 0 atom stereocenters. The number of piperidine rings is 1. The topological polar surface area (TPSA) is 40.6 Å². The van der Waals surface area contributed by atoms with Crippen LogP contribution in [-0.4, -0.2) is 57.1 Å².